The molecule has 0 saturated carbocycles. The number of hydrogen-bond acceptors (Lipinski definition) is 2. The van der Waals surface area contributed by atoms with Crippen LogP contribution in [0.15, 0.2) is 35.3 Å². The summed E-state index contributed by atoms with van der Waals surface area (Å²) in [6.45, 7) is 9.69. The summed E-state index contributed by atoms with van der Waals surface area (Å²) in [4.78, 5) is 7.06. The summed E-state index contributed by atoms with van der Waals surface area (Å²) < 4.78 is 0. The van der Waals surface area contributed by atoms with E-state index in [-0.39, 0.29) is 24.0 Å². The number of aliphatic imine (C=N–C) groups is 1. The van der Waals surface area contributed by atoms with Crippen LogP contribution in [0.1, 0.15) is 32.3 Å². The Kier molecular flexibility index (Phi) is 10.3. The maximum atomic E-state index is 5.93. The number of rotatable bonds is 8. The average molecular weight is 444 g/mol. The van der Waals surface area contributed by atoms with Crippen LogP contribution in [-0.2, 0) is 6.42 Å². The minimum atomic E-state index is 0. The van der Waals surface area contributed by atoms with Gasteiger partial charge in [0.2, 0.25) is 0 Å². The van der Waals surface area contributed by atoms with Crippen molar-refractivity contribution in [3.63, 3.8) is 0 Å². The van der Waals surface area contributed by atoms with E-state index in [0.29, 0.717) is 17.8 Å². The second kappa shape index (κ2) is 11.7. The lowest BCUT2D eigenvalue weighted by Crippen LogP contribution is -2.33. The third-order valence-corrected chi connectivity index (χ3v) is 4.48. The Hall–Kier alpha value is -0.820. The van der Waals surface area contributed by atoms with Gasteiger partial charge in [-0.1, -0.05) is 44.2 Å². The standard InChI is InChI=1S/C19H32N4.HI/c1-16(2)8-11-21-19(20)22-14-18-10-13-23(15-18)12-9-17-6-4-3-5-7-17;/h3-7,16,18H,8-15H2,1-2H3,(H3,20,21,22);1H. The van der Waals surface area contributed by atoms with Gasteiger partial charge in [-0.3, -0.25) is 4.99 Å². The van der Waals surface area contributed by atoms with E-state index in [1.165, 1.54) is 18.5 Å². The number of nitrogens with two attached hydrogens (primary N) is 1. The second-order valence-electron chi connectivity index (χ2n) is 7.03. The normalized spacial score (nSPS) is 18.6. The molecule has 1 fully saturated rings. The number of halogens is 1. The zero-order chi connectivity index (χ0) is 16.5. The highest BCUT2D eigenvalue weighted by atomic mass is 127. The molecule has 24 heavy (non-hydrogen) atoms. The predicted molar refractivity (Wildman–Crippen MR) is 114 cm³/mol. The molecule has 0 bridgehead atoms. The van der Waals surface area contributed by atoms with Crippen LogP contribution in [0.5, 0.6) is 0 Å². The molecule has 0 aliphatic carbocycles. The molecule has 0 aromatic heterocycles. The van der Waals surface area contributed by atoms with Gasteiger partial charge in [-0.15, -0.1) is 24.0 Å². The number of likely N-dealkylation sites (tertiary alicyclic amines) is 1. The van der Waals surface area contributed by atoms with Crippen LogP contribution in [0.25, 0.3) is 0 Å². The van der Waals surface area contributed by atoms with E-state index in [1.54, 1.807) is 0 Å². The van der Waals surface area contributed by atoms with E-state index in [4.69, 9.17) is 5.73 Å². The van der Waals surface area contributed by atoms with Gasteiger partial charge >= 0.3 is 0 Å². The van der Waals surface area contributed by atoms with E-state index in [2.05, 4.69) is 59.4 Å². The number of benzene rings is 1. The predicted octanol–water partition coefficient (Wildman–Crippen LogP) is 3.12. The molecule has 1 aromatic rings. The summed E-state index contributed by atoms with van der Waals surface area (Å²) in [5.41, 5.74) is 7.36. The van der Waals surface area contributed by atoms with Crippen molar-refractivity contribution in [3.8, 4) is 0 Å². The lowest BCUT2D eigenvalue weighted by Gasteiger charge is -2.15. The first-order valence-corrected chi connectivity index (χ1v) is 8.93. The lowest BCUT2D eigenvalue weighted by atomic mass is 10.1. The molecule has 1 aliphatic rings. The number of nitrogens with one attached hydrogen (secondary N) is 1. The molecular formula is C19H33IN4. The summed E-state index contributed by atoms with van der Waals surface area (Å²) >= 11 is 0. The molecule has 2 rings (SSSR count). The highest BCUT2D eigenvalue weighted by molar-refractivity contribution is 14.0. The van der Waals surface area contributed by atoms with Gasteiger partial charge in [-0.05, 0) is 43.2 Å². The van der Waals surface area contributed by atoms with Crippen molar-refractivity contribution in [2.45, 2.75) is 33.1 Å². The molecule has 5 heteroatoms. The fraction of sp³-hybridized carbons (Fsp3) is 0.632. The fourth-order valence-electron chi connectivity index (χ4n) is 2.97. The Labute approximate surface area is 164 Å². The largest absolute Gasteiger partial charge is 0.370 e. The first-order valence-electron chi connectivity index (χ1n) is 8.93. The van der Waals surface area contributed by atoms with Gasteiger partial charge in [0.05, 0.1) is 0 Å². The van der Waals surface area contributed by atoms with Crippen LogP contribution < -0.4 is 11.1 Å². The van der Waals surface area contributed by atoms with Crippen molar-refractivity contribution in [1.82, 2.24) is 10.2 Å². The third-order valence-electron chi connectivity index (χ3n) is 4.48. The van der Waals surface area contributed by atoms with Crippen molar-refractivity contribution in [2.24, 2.45) is 22.6 Å². The van der Waals surface area contributed by atoms with Crippen molar-refractivity contribution in [3.05, 3.63) is 35.9 Å². The van der Waals surface area contributed by atoms with Crippen molar-refractivity contribution >= 4 is 29.9 Å². The van der Waals surface area contributed by atoms with Crippen LogP contribution in [0.2, 0.25) is 0 Å². The molecule has 1 unspecified atom stereocenters. The van der Waals surface area contributed by atoms with Crippen LogP contribution >= 0.6 is 24.0 Å². The van der Waals surface area contributed by atoms with Gasteiger partial charge < -0.3 is 16.0 Å². The number of nitrogens with zero attached hydrogens (tertiary/aromatic N) is 2. The summed E-state index contributed by atoms with van der Waals surface area (Å²) in [5.74, 6) is 1.95. The first-order chi connectivity index (χ1) is 11.1. The van der Waals surface area contributed by atoms with Gasteiger partial charge in [0, 0.05) is 26.2 Å². The molecule has 0 amide bonds. The maximum absolute atomic E-state index is 5.93. The summed E-state index contributed by atoms with van der Waals surface area (Å²) in [7, 11) is 0. The third kappa shape index (κ3) is 8.33. The lowest BCUT2D eigenvalue weighted by molar-refractivity contribution is 0.329. The molecule has 1 heterocycles. The zero-order valence-corrected chi connectivity index (χ0v) is 17.4. The SMILES string of the molecule is CC(C)CCNC(N)=NCC1CCN(CCc2ccccc2)C1.I. The first kappa shape index (κ1) is 21.2. The highest BCUT2D eigenvalue weighted by Gasteiger charge is 2.21. The molecule has 4 nitrogen and oxygen atoms in total. The van der Waals surface area contributed by atoms with E-state index >= 15 is 0 Å². The molecule has 3 N–H and O–H groups in total. The molecule has 0 spiro atoms. The van der Waals surface area contributed by atoms with Crippen LogP contribution in [0.4, 0.5) is 0 Å². The summed E-state index contributed by atoms with van der Waals surface area (Å²) in [5, 5.41) is 3.21. The van der Waals surface area contributed by atoms with E-state index < -0.39 is 0 Å². The summed E-state index contributed by atoms with van der Waals surface area (Å²) in [6.07, 6.45) is 3.50. The van der Waals surface area contributed by atoms with Crippen LogP contribution in [0, 0.1) is 11.8 Å². The molecule has 0 radical (unpaired) electrons. The fourth-order valence-corrected chi connectivity index (χ4v) is 2.97. The monoisotopic (exact) mass is 444 g/mol. The molecular weight excluding hydrogens is 411 g/mol. The van der Waals surface area contributed by atoms with Gasteiger partial charge in [-0.2, -0.15) is 0 Å². The van der Waals surface area contributed by atoms with Gasteiger partial charge in [0.25, 0.3) is 0 Å². The minimum Gasteiger partial charge on any atom is -0.370 e. The quantitative estimate of drug-likeness (QED) is 0.368. The molecule has 1 aromatic carbocycles. The summed E-state index contributed by atoms with van der Waals surface area (Å²) in [6, 6.07) is 10.7. The Morgan fingerprint density at radius 2 is 2.08 bits per heavy atom. The molecule has 1 saturated heterocycles. The zero-order valence-electron chi connectivity index (χ0n) is 15.1. The number of guanidine groups is 1. The minimum absolute atomic E-state index is 0. The Balaban J connectivity index is 0.00000288. The average Bonchev–Trinajstić information content (AvgIpc) is 2.99. The molecule has 1 aliphatic heterocycles. The van der Waals surface area contributed by atoms with Gasteiger partial charge in [0.1, 0.15) is 0 Å². The maximum Gasteiger partial charge on any atom is 0.188 e. The second-order valence-corrected chi connectivity index (χ2v) is 7.03. The Bertz CT molecular complexity index is 476. The number of hydrogen-bond donors (Lipinski definition) is 2. The van der Waals surface area contributed by atoms with Gasteiger partial charge in [0.15, 0.2) is 5.96 Å². The highest BCUT2D eigenvalue weighted by Crippen LogP contribution is 2.17. The van der Waals surface area contributed by atoms with Crippen molar-refractivity contribution < 1.29 is 0 Å². The molecule has 1 atom stereocenters. The Morgan fingerprint density at radius 1 is 1.33 bits per heavy atom. The van der Waals surface area contributed by atoms with Crippen molar-refractivity contribution in [2.75, 3.05) is 32.7 Å². The van der Waals surface area contributed by atoms with Gasteiger partial charge in [-0.25, -0.2) is 0 Å². The molecule has 136 valence electrons. The smallest absolute Gasteiger partial charge is 0.188 e. The van der Waals surface area contributed by atoms with E-state index in [9.17, 15) is 0 Å². The van der Waals surface area contributed by atoms with Crippen LogP contribution in [-0.4, -0.2) is 43.6 Å². The van der Waals surface area contributed by atoms with E-state index in [1.807, 2.05) is 0 Å². The van der Waals surface area contributed by atoms with Crippen LogP contribution in [0.3, 0.4) is 0 Å². The van der Waals surface area contributed by atoms with E-state index in [0.717, 1.165) is 39.0 Å². The topological polar surface area (TPSA) is 53.6 Å². The van der Waals surface area contributed by atoms with Crippen molar-refractivity contribution in [1.29, 1.82) is 0 Å². The Morgan fingerprint density at radius 3 is 2.79 bits per heavy atom.